The Bertz CT molecular complexity index is 3010. The van der Waals surface area contributed by atoms with Gasteiger partial charge in [0.2, 0.25) is 0 Å². The fourth-order valence-corrected chi connectivity index (χ4v) is 10.8. The van der Waals surface area contributed by atoms with Gasteiger partial charge in [0.05, 0.1) is 22.8 Å². The van der Waals surface area contributed by atoms with Crippen LogP contribution in [-0.2, 0) is 6.42 Å². The third-order valence-electron chi connectivity index (χ3n) is 13.3. The molecule has 0 saturated heterocycles. The minimum atomic E-state index is 0.205. The lowest BCUT2D eigenvalue weighted by Gasteiger charge is -2.37. The molecule has 280 valence electrons. The lowest BCUT2D eigenvalue weighted by atomic mass is 9.86. The molecule has 0 fully saturated rings. The predicted molar refractivity (Wildman–Crippen MR) is 243 cm³/mol. The molecule has 12 rings (SSSR count). The van der Waals surface area contributed by atoms with E-state index in [-0.39, 0.29) is 6.04 Å². The summed E-state index contributed by atoms with van der Waals surface area (Å²) in [5.41, 5.74) is 21.0. The van der Waals surface area contributed by atoms with Gasteiger partial charge in [0.15, 0.2) is 0 Å². The predicted octanol–water partition coefficient (Wildman–Crippen LogP) is 13.1. The van der Waals surface area contributed by atoms with E-state index in [1.165, 1.54) is 101 Å². The lowest BCUT2D eigenvalue weighted by Crippen LogP contribution is -2.39. The molecule has 0 saturated carbocycles. The van der Waals surface area contributed by atoms with E-state index in [2.05, 4.69) is 203 Å². The molecule has 4 heteroatoms. The van der Waals surface area contributed by atoms with Crippen LogP contribution in [0.15, 0.2) is 181 Å². The fourth-order valence-electron chi connectivity index (χ4n) is 10.8. The Balaban J connectivity index is 0.949. The van der Waals surface area contributed by atoms with Crippen LogP contribution in [0, 0.1) is 13.8 Å². The minimum absolute atomic E-state index is 0.205. The smallest absolute Gasteiger partial charge is 0.0849 e. The molecule has 0 N–H and O–H groups in total. The van der Waals surface area contributed by atoms with Crippen molar-refractivity contribution in [3.05, 3.63) is 203 Å². The molecular formula is C54H44N4. The van der Waals surface area contributed by atoms with E-state index in [0.29, 0.717) is 5.92 Å². The normalized spacial score (nSPS) is 18.0. The standard InChI is InChI=1S/C54H44N4/c1-35-33-41(57-49-19-11-9-17-45(49)47-25-21-37-29-31-55(51(37)53(47)57)39-13-5-3-6-14-39)23-27-43(35)44-28-24-42(34-36(44)2)58-50-20-12-10-18-46(50)48-26-22-38-30-32-56(52(38)54(48)58)40-15-7-4-8-16-40/h3-28,33-34,47,53H,29-32H2,1-2H3. The number of fused-ring (bicyclic) bond motifs is 9. The van der Waals surface area contributed by atoms with Gasteiger partial charge in [-0.1, -0.05) is 109 Å². The van der Waals surface area contributed by atoms with Crippen molar-refractivity contribution in [2.45, 2.75) is 38.6 Å². The Morgan fingerprint density at radius 2 is 1.19 bits per heavy atom. The van der Waals surface area contributed by atoms with Gasteiger partial charge in [-0.2, -0.15) is 0 Å². The molecular weight excluding hydrogens is 705 g/mol. The molecule has 0 radical (unpaired) electrons. The summed E-state index contributed by atoms with van der Waals surface area (Å²) in [6.45, 7) is 6.57. The topological polar surface area (TPSA) is 14.7 Å². The van der Waals surface area contributed by atoms with Crippen LogP contribution in [0.3, 0.4) is 0 Å². The number of hydrogen-bond acceptors (Lipinski definition) is 3. The lowest BCUT2D eigenvalue weighted by molar-refractivity contribution is 0.684. The van der Waals surface area contributed by atoms with E-state index < -0.39 is 0 Å². The summed E-state index contributed by atoms with van der Waals surface area (Å²) in [5, 5.41) is 2.59. The average Bonchev–Trinajstić information content (AvgIpc) is 4.05. The van der Waals surface area contributed by atoms with Crippen LogP contribution in [0.4, 0.5) is 28.4 Å². The SMILES string of the molecule is Cc1cc(N2c3ccccc3C3C=CC4=C(C32)N(c2ccccc2)CC4)ccc1-c1ccc(-n2c3ccccc3c3ccc4c(c32)N(c2ccccc2)CC4)cc1C. The Hall–Kier alpha value is -6.78. The molecule has 8 aromatic rings. The van der Waals surface area contributed by atoms with Crippen LogP contribution in [0.2, 0.25) is 0 Å². The van der Waals surface area contributed by atoms with Crippen molar-refractivity contribution in [1.29, 1.82) is 0 Å². The molecule has 0 spiro atoms. The minimum Gasteiger partial charge on any atom is -0.343 e. The van der Waals surface area contributed by atoms with Gasteiger partial charge < -0.3 is 19.3 Å². The summed E-state index contributed by atoms with van der Waals surface area (Å²) < 4.78 is 2.52. The second kappa shape index (κ2) is 12.9. The first-order valence-electron chi connectivity index (χ1n) is 20.8. The highest BCUT2D eigenvalue weighted by Crippen LogP contribution is 2.54. The van der Waals surface area contributed by atoms with E-state index in [1.54, 1.807) is 0 Å². The summed E-state index contributed by atoms with van der Waals surface area (Å²) in [5.74, 6) is 0.302. The van der Waals surface area contributed by atoms with Crippen molar-refractivity contribution in [3.8, 4) is 16.8 Å². The Labute approximate surface area is 340 Å². The van der Waals surface area contributed by atoms with Gasteiger partial charge >= 0.3 is 0 Å². The first kappa shape index (κ1) is 33.4. The number of aromatic nitrogens is 1. The molecule has 58 heavy (non-hydrogen) atoms. The van der Waals surface area contributed by atoms with Crippen molar-refractivity contribution < 1.29 is 0 Å². The maximum atomic E-state index is 2.63. The van der Waals surface area contributed by atoms with Crippen LogP contribution >= 0.6 is 0 Å². The molecule has 3 aliphatic heterocycles. The first-order valence-corrected chi connectivity index (χ1v) is 20.8. The first-order chi connectivity index (χ1) is 28.6. The highest BCUT2D eigenvalue weighted by atomic mass is 15.3. The van der Waals surface area contributed by atoms with Crippen LogP contribution in [0.5, 0.6) is 0 Å². The quantitative estimate of drug-likeness (QED) is 0.174. The number of benzene rings is 7. The Morgan fingerprint density at radius 3 is 1.97 bits per heavy atom. The Kier molecular flexibility index (Phi) is 7.41. The molecule has 1 aliphatic carbocycles. The van der Waals surface area contributed by atoms with Crippen molar-refractivity contribution >= 4 is 50.2 Å². The maximum Gasteiger partial charge on any atom is 0.0849 e. The molecule has 2 atom stereocenters. The second-order valence-corrected chi connectivity index (χ2v) is 16.5. The summed E-state index contributed by atoms with van der Waals surface area (Å²) >= 11 is 0. The summed E-state index contributed by atoms with van der Waals surface area (Å²) in [4.78, 5) is 7.73. The molecule has 0 amide bonds. The van der Waals surface area contributed by atoms with Crippen molar-refractivity contribution in [2.75, 3.05) is 27.8 Å². The molecule has 2 unspecified atom stereocenters. The molecule has 4 nitrogen and oxygen atoms in total. The zero-order valence-corrected chi connectivity index (χ0v) is 32.9. The van der Waals surface area contributed by atoms with Gasteiger partial charge in [-0.25, -0.2) is 0 Å². The molecule has 4 heterocycles. The van der Waals surface area contributed by atoms with Gasteiger partial charge in [-0.15, -0.1) is 0 Å². The number of rotatable bonds is 5. The van der Waals surface area contributed by atoms with Gasteiger partial charge in [0.25, 0.3) is 0 Å². The second-order valence-electron chi connectivity index (χ2n) is 16.5. The van der Waals surface area contributed by atoms with Crippen LogP contribution in [0.1, 0.15) is 34.6 Å². The summed E-state index contributed by atoms with van der Waals surface area (Å²) in [6, 6.07) is 59.0. The average molecular weight is 749 g/mol. The number of nitrogens with zero attached hydrogens (tertiary/aromatic N) is 4. The van der Waals surface area contributed by atoms with E-state index in [1.807, 2.05) is 0 Å². The number of allylic oxidation sites excluding steroid dienone is 1. The molecule has 0 bridgehead atoms. The monoisotopic (exact) mass is 748 g/mol. The number of hydrogen-bond donors (Lipinski definition) is 0. The van der Waals surface area contributed by atoms with E-state index in [4.69, 9.17) is 0 Å². The van der Waals surface area contributed by atoms with Crippen LogP contribution < -0.4 is 14.7 Å². The van der Waals surface area contributed by atoms with E-state index in [9.17, 15) is 0 Å². The zero-order valence-electron chi connectivity index (χ0n) is 32.9. The molecule has 7 aromatic carbocycles. The van der Waals surface area contributed by atoms with Crippen LogP contribution in [0.25, 0.3) is 38.6 Å². The van der Waals surface area contributed by atoms with Gasteiger partial charge in [-0.05, 0) is 126 Å². The largest absolute Gasteiger partial charge is 0.343 e. The van der Waals surface area contributed by atoms with Crippen molar-refractivity contribution in [2.24, 2.45) is 0 Å². The van der Waals surface area contributed by atoms with Gasteiger partial charge in [-0.3, -0.25) is 0 Å². The zero-order chi connectivity index (χ0) is 38.5. The summed E-state index contributed by atoms with van der Waals surface area (Å²) in [7, 11) is 0. The number of aryl methyl sites for hydroxylation is 2. The van der Waals surface area contributed by atoms with Crippen molar-refractivity contribution in [3.63, 3.8) is 0 Å². The number of para-hydroxylation sites is 4. The fraction of sp³-hybridized carbons (Fsp3) is 0.148. The Morgan fingerprint density at radius 1 is 0.534 bits per heavy atom. The molecule has 4 aliphatic rings. The third kappa shape index (κ3) is 4.87. The summed E-state index contributed by atoms with van der Waals surface area (Å²) in [6.07, 6.45) is 6.99. The van der Waals surface area contributed by atoms with E-state index in [0.717, 1.165) is 25.9 Å². The van der Waals surface area contributed by atoms with Gasteiger partial charge in [0, 0.05) is 63.9 Å². The van der Waals surface area contributed by atoms with Crippen molar-refractivity contribution in [1.82, 2.24) is 4.57 Å². The highest BCUT2D eigenvalue weighted by Gasteiger charge is 2.46. The highest BCUT2D eigenvalue weighted by molar-refractivity contribution is 6.14. The maximum absolute atomic E-state index is 2.63. The third-order valence-corrected chi connectivity index (χ3v) is 13.3. The van der Waals surface area contributed by atoms with E-state index >= 15 is 0 Å². The van der Waals surface area contributed by atoms with Crippen LogP contribution in [-0.4, -0.2) is 23.7 Å². The number of anilines is 5. The molecule has 1 aromatic heterocycles. The van der Waals surface area contributed by atoms with Gasteiger partial charge in [0.1, 0.15) is 0 Å².